The maximum atomic E-state index is 11.3. The predicted molar refractivity (Wildman–Crippen MR) is 54.9 cm³/mol. The zero-order valence-corrected chi connectivity index (χ0v) is 9.29. The Morgan fingerprint density at radius 2 is 2.14 bits per heavy atom. The molecule has 4 heteroatoms. The molecule has 0 fully saturated rings. The molecule has 0 amide bonds. The van der Waals surface area contributed by atoms with Gasteiger partial charge < -0.3 is 15.2 Å². The number of carbonyl (C=O) groups excluding carboxylic acids is 1. The minimum atomic E-state index is -0.233. The number of hydrogen-bond acceptors (Lipinski definition) is 4. The Morgan fingerprint density at radius 1 is 1.50 bits per heavy atom. The molecule has 0 bridgehead atoms. The van der Waals surface area contributed by atoms with Gasteiger partial charge in [-0.15, -0.1) is 0 Å². The Morgan fingerprint density at radius 3 is 2.57 bits per heavy atom. The lowest BCUT2D eigenvalue weighted by molar-refractivity contribution is -0.151. The van der Waals surface area contributed by atoms with Crippen LogP contribution in [0.3, 0.4) is 0 Å². The molecular weight excluding hydrogens is 182 g/mol. The number of ether oxygens (including phenoxy) is 2. The maximum absolute atomic E-state index is 11.3. The number of nitrogens with two attached hydrogens (primary N) is 1. The molecule has 2 atom stereocenters. The lowest BCUT2D eigenvalue weighted by Gasteiger charge is -2.15. The van der Waals surface area contributed by atoms with Gasteiger partial charge in [0.25, 0.3) is 0 Å². The largest absolute Gasteiger partial charge is 0.463 e. The summed E-state index contributed by atoms with van der Waals surface area (Å²) in [5.41, 5.74) is 5.39. The van der Waals surface area contributed by atoms with Gasteiger partial charge in [-0.05, 0) is 13.3 Å². The lowest BCUT2D eigenvalue weighted by Crippen LogP contribution is -2.27. The Labute approximate surface area is 85.8 Å². The zero-order chi connectivity index (χ0) is 11.0. The van der Waals surface area contributed by atoms with Gasteiger partial charge in [0, 0.05) is 13.7 Å². The van der Waals surface area contributed by atoms with Gasteiger partial charge in [0.2, 0.25) is 0 Å². The molecule has 0 aromatic rings. The molecule has 0 spiro atoms. The minimum absolute atomic E-state index is 0.0113. The Bertz CT molecular complexity index is 157. The SMILES string of the molecule is CCCC(C)OC(=O)CC(CN)OC. The molecule has 0 aromatic heterocycles. The molecule has 0 heterocycles. The highest BCUT2D eigenvalue weighted by Crippen LogP contribution is 2.04. The third-order valence-electron chi connectivity index (χ3n) is 2.02. The summed E-state index contributed by atoms with van der Waals surface area (Å²) in [5.74, 6) is -0.233. The molecule has 0 rings (SSSR count). The van der Waals surface area contributed by atoms with E-state index in [9.17, 15) is 4.79 Å². The van der Waals surface area contributed by atoms with Gasteiger partial charge >= 0.3 is 5.97 Å². The van der Waals surface area contributed by atoms with Crippen LogP contribution in [0.2, 0.25) is 0 Å². The van der Waals surface area contributed by atoms with Crippen LogP contribution in [0.4, 0.5) is 0 Å². The molecule has 14 heavy (non-hydrogen) atoms. The molecule has 0 aliphatic rings. The van der Waals surface area contributed by atoms with Gasteiger partial charge in [-0.25, -0.2) is 0 Å². The monoisotopic (exact) mass is 203 g/mol. The Balaban J connectivity index is 3.73. The predicted octanol–water partition coefficient (Wildman–Crippen LogP) is 1.08. The van der Waals surface area contributed by atoms with E-state index in [4.69, 9.17) is 15.2 Å². The summed E-state index contributed by atoms with van der Waals surface area (Å²) in [6.07, 6.45) is 1.91. The van der Waals surface area contributed by atoms with E-state index in [0.29, 0.717) is 6.54 Å². The average molecular weight is 203 g/mol. The fourth-order valence-corrected chi connectivity index (χ4v) is 1.19. The second-order valence-electron chi connectivity index (χ2n) is 3.39. The van der Waals surface area contributed by atoms with E-state index < -0.39 is 0 Å². The molecule has 2 N–H and O–H groups in total. The van der Waals surface area contributed by atoms with E-state index in [1.54, 1.807) is 7.11 Å². The summed E-state index contributed by atoms with van der Waals surface area (Å²) in [4.78, 5) is 11.3. The third-order valence-corrected chi connectivity index (χ3v) is 2.02. The van der Waals surface area contributed by atoms with E-state index in [1.807, 2.05) is 6.92 Å². The highest BCUT2D eigenvalue weighted by molar-refractivity contribution is 5.70. The number of carbonyl (C=O) groups is 1. The molecule has 0 aromatic carbocycles. The van der Waals surface area contributed by atoms with Crippen molar-refractivity contribution in [2.45, 2.75) is 45.3 Å². The highest BCUT2D eigenvalue weighted by Gasteiger charge is 2.14. The normalized spacial score (nSPS) is 14.9. The van der Waals surface area contributed by atoms with Crippen molar-refractivity contribution in [1.29, 1.82) is 0 Å². The molecule has 84 valence electrons. The first kappa shape index (κ1) is 13.4. The van der Waals surface area contributed by atoms with Crippen LogP contribution in [0, 0.1) is 0 Å². The molecular formula is C10H21NO3. The summed E-state index contributed by atoms with van der Waals surface area (Å²) in [6.45, 7) is 4.29. The average Bonchev–Trinajstić information content (AvgIpc) is 2.14. The third kappa shape index (κ3) is 5.94. The van der Waals surface area contributed by atoms with Crippen LogP contribution in [-0.2, 0) is 14.3 Å². The standard InChI is InChI=1S/C10H21NO3/c1-4-5-8(2)14-10(12)6-9(7-11)13-3/h8-9H,4-7,11H2,1-3H3. The Hall–Kier alpha value is -0.610. The first-order chi connectivity index (χ1) is 6.63. The van der Waals surface area contributed by atoms with Gasteiger partial charge in [0.05, 0.1) is 18.6 Å². The second-order valence-corrected chi connectivity index (χ2v) is 3.39. The smallest absolute Gasteiger partial charge is 0.308 e. The zero-order valence-electron chi connectivity index (χ0n) is 9.29. The Kier molecular flexibility index (Phi) is 7.42. The van der Waals surface area contributed by atoms with Gasteiger partial charge in [0.15, 0.2) is 0 Å². The number of rotatable bonds is 7. The van der Waals surface area contributed by atoms with E-state index >= 15 is 0 Å². The molecule has 0 saturated carbocycles. The molecule has 0 radical (unpaired) electrons. The van der Waals surface area contributed by atoms with Crippen LogP contribution in [-0.4, -0.2) is 31.8 Å². The second kappa shape index (κ2) is 7.76. The summed E-state index contributed by atoms with van der Waals surface area (Å²) >= 11 is 0. The van der Waals surface area contributed by atoms with E-state index in [1.165, 1.54) is 0 Å². The van der Waals surface area contributed by atoms with Crippen molar-refractivity contribution < 1.29 is 14.3 Å². The van der Waals surface area contributed by atoms with Crippen molar-refractivity contribution in [3.8, 4) is 0 Å². The van der Waals surface area contributed by atoms with E-state index in [-0.39, 0.29) is 24.6 Å². The molecule has 0 saturated heterocycles. The number of hydrogen-bond donors (Lipinski definition) is 1. The lowest BCUT2D eigenvalue weighted by atomic mass is 10.2. The van der Waals surface area contributed by atoms with Gasteiger partial charge in [0.1, 0.15) is 0 Å². The van der Waals surface area contributed by atoms with Crippen molar-refractivity contribution in [3.63, 3.8) is 0 Å². The topological polar surface area (TPSA) is 61.5 Å². The van der Waals surface area contributed by atoms with E-state index in [2.05, 4.69) is 6.92 Å². The number of methoxy groups -OCH3 is 1. The van der Waals surface area contributed by atoms with Crippen LogP contribution in [0.15, 0.2) is 0 Å². The van der Waals surface area contributed by atoms with Crippen LogP contribution >= 0.6 is 0 Å². The van der Waals surface area contributed by atoms with Crippen LogP contribution in [0.5, 0.6) is 0 Å². The molecule has 0 aliphatic heterocycles. The van der Waals surface area contributed by atoms with Crippen molar-refractivity contribution in [3.05, 3.63) is 0 Å². The van der Waals surface area contributed by atoms with E-state index in [0.717, 1.165) is 12.8 Å². The minimum Gasteiger partial charge on any atom is -0.463 e. The maximum Gasteiger partial charge on any atom is 0.308 e. The van der Waals surface area contributed by atoms with Crippen molar-refractivity contribution >= 4 is 5.97 Å². The highest BCUT2D eigenvalue weighted by atomic mass is 16.5. The van der Waals surface area contributed by atoms with Crippen molar-refractivity contribution in [1.82, 2.24) is 0 Å². The summed E-state index contributed by atoms with van der Waals surface area (Å²) in [5, 5.41) is 0. The summed E-state index contributed by atoms with van der Waals surface area (Å²) in [7, 11) is 1.54. The first-order valence-electron chi connectivity index (χ1n) is 5.06. The fourth-order valence-electron chi connectivity index (χ4n) is 1.19. The molecule has 0 aliphatic carbocycles. The van der Waals surface area contributed by atoms with Crippen molar-refractivity contribution in [2.75, 3.05) is 13.7 Å². The van der Waals surface area contributed by atoms with Gasteiger partial charge in [-0.2, -0.15) is 0 Å². The fraction of sp³-hybridized carbons (Fsp3) is 0.900. The summed E-state index contributed by atoms with van der Waals surface area (Å²) < 4.78 is 10.1. The van der Waals surface area contributed by atoms with Crippen LogP contribution in [0.25, 0.3) is 0 Å². The number of esters is 1. The van der Waals surface area contributed by atoms with Crippen molar-refractivity contribution in [2.24, 2.45) is 5.73 Å². The van der Waals surface area contributed by atoms with Crippen LogP contribution in [0.1, 0.15) is 33.1 Å². The van der Waals surface area contributed by atoms with Gasteiger partial charge in [-0.3, -0.25) is 4.79 Å². The summed E-state index contributed by atoms with van der Waals surface area (Å²) in [6, 6.07) is 0. The molecule has 4 nitrogen and oxygen atoms in total. The quantitative estimate of drug-likeness (QED) is 0.629. The molecule has 2 unspecified atom stereocenters. The van der Waals surface area contributed by atoms with Crippen LogP contribution < -0.4 is 5.73 Å². The van der Waals surface area contributed by atoms with Gasteiger partial charge in [-0.1, -0.05) is 13.3 Å². The first-order valence-corrected chi connectivity index (χ1v) is 5.06.